The Balaban J connectivity index is 2.12. The number of rotatable bonds is 3. The van der Waals surface area contributed by atoms with Crippen molar-refractivity contribution in [1.29, 1.82) is 0 Å². The average molecular weight is 182 g/mol. The zero-order valence-electron chi connectivity index (χ0n) is 7.29. The second-order valence-electron chi connectivity index (χ2n) is 3.40. The van der Waals surface area contributed by atoms with Crippen LogP contribution in [0.3, 0.4) is 0 Å². The Labute approximate surface area is 76.8 Å². The molecule has 1 aromatic heterocycles. The van der Waals surface area contributed by atoms with Gasteiger partial charge in [-0.2, -0.15) is 0 Å². The Bertz CT molecular complexity index is 265. The molecule has 3 heteroatoms. The van der Waals surface area contributed by atoms with Gasteiger partial charge in [0.1, 0.15) is 5.01 Å². The van der Waals surface area contributed by atoms with Gasteiger partial charge in [0.15, 0.2) is 0 Å². The Morgan fingerprint density at radius 2 is 2.50 bits per heavy atom. The maximum Gasteiger partial charge on any atom is 0.110 e. The van der Waals surface area contributed by atoms with Crippen molar-refractivity contribution in [3.8, 4) is 0 Å². The van der Waals surface area contributed by atoms with E-state index in [2.05, 4.69) is 17.3 Å². The molecule has 1 atom stereocenters. The minimum absolute atomic E-state index is 0.155. The Kier molecular flexibility index (Phi) is 2.15. The molecule has 0 radical (unpaired) electrons. The molecular weight excluding hydrogens is 168 g/mol. The van der Waals surface area contributed by atoms with Gasteiger partial charge in [0.05, 0.1) is 11.7 Å². The summed E-state index contributed by atoms with van der Waals surface area (Å²) in [4.78, 5) is 4.54. The molecule has 2 rings (SSSR count). The maximum absolute atomic E-state index is 5.88. The molecule has 2 N–H and O–H groups in total. The van der Waals surface area contributed by atoms with Gasteiger partial charge in [-0.15, -0.1) is 11.3 Å². The van der Waals surface area contributed by atoms with Gasteiger partial charge < -0.3 is 5.73 Å². The quantitative estimate of drug-likeness (QED) is 0.779. The highest BCUT2D eigenvalue weighted by Gasteiger charge is 2.26. The number of nitrogens with two attached hydrogens (primary N) is 1. The molecule has 0 saturated heterocycles. The van der Waals surface area contributed by atoms with Gasteiger partial charge in [-0.05, 0) is 19.3 Å². The molecule has 1 aromatic rings. The molecule has 1 saturated carbocycles. The third kappa shape index (κ3) is 1.52. The number of aromatic nitrogens is 1. The summed E-state index contributed by atoms with van der Waals surface area (Å²) in [7, 11) is 0. The summed E-state index contributed by atoms with van der Waals surface area (Å²) in [6.45, 7) is 2.10. The molecule has 1 aliphatic rings. The minimum Gasteiger partial charge on any atom is -0.322 e. The highest BCUT2D eigenvalue weighted by atomic mass is 32.1. The van der Waals surface area contributed by atoms with Gasteiger partial charge in [-0.1, -0.05) is 6.92 Å². The SMILES string of the molecule is CCC(N)c1nc(C2CC2)cs1. The second kappa shape index (κ2) is 3.15. The smallest absolute Gasteiger partial charge is 0.110 e. The minimum atomic E-state index is 0.155. The van der Waals surface area contributed by atoms with Crippen LogP contribution in [0.15, 0.2) is 5.38 Å². The van der Waals surface area contributed by atoms with Crippen LogP contribution in [-0.2, 0) is 0 Å². The van der Waals surface area contributed by atoms with Gasteiger partial charge in [0, 0.05) is 11.3 Å². The van der Waals surface area contributed by atoms with E-state index in [1.165, 1.54) is 18.5 Å². The molecule has 2 nitrogen and oxygen atoms in total. The van der Waals surface area contributed by atoms with Gasteiger partial charge in [-0.25, -0.2) is 4.98 Å². The molecule has 0 amide bonds. The van der Waals surface area contributed by atoms with Gasteiger partial charge in [0.2, 0.25) is 0 Å². The first-order valence-electron chi connectivity index (χ1n) is 4.52. The number of hydrogen-bond acceptors (Lipinski definition) is 3. The van der Waals surface area contributed by atoms with Crippen molar-refractivity contribution in [2.75, 3.05) is 0 Å². The zero-order chi connectivity index (χ0) is 8.55. The normalized spacial score (nSPS) is 19.5. The topological polar surface area (TPSA) is 38.9 Å². The molecule has 66 valence electrons. The molecular formula is C9H14N2S. The lowest BCUT2D eigenvalue weighted by Crippen LogP contribution is -2.07. The van der Waals surface area contributed by atoms with Crippen molar-refractivity contribution < 1.29 is 0 Å². The van der Waals surface area contributed by atoms with Crippen molar-refractivity contribution in [2.45, 2.75) is 38.1 Å². The first-order valence-corrected chi connectivity index (χ1v) is 5.40. The fourth-order valence-electron chi connectivity index (χ4n) is 1.21. The predicted octanol–water partition coefficient (Wildman–Crippen LogP) is 2.43. The first kappa shape index (κ1) is 8.20. The van der Waals surface area contributed by atoms with Crippen molar-refractivity contribution in [1.82, 2.24) is 4.98 Å². The third-order valence-electron chi connectivity index (χ3n) is 2.29. The van der Waals surface area contributed by atoms with Crippen molar-refractivity contribution in [3.05, 3.63) is 16.1 Å². The van der Waals surface area contributed by atoms with Gasteiger partial charge in [-0.3, -0.25) is 0 Å². The Morgan fingerprint density at radius 1 is 1.75 bits per heavy atom. The largest absolute Gasteiger partial charge is 0.322 e. The molecule has 0 bridgehead atoms. The molecule has 0 aliphatic heterocycles. The number of nitrogens with zero attached hydrogens (tertiary/aromatic N) is 1. The summed E-state index contributed by atoms with van der Waals surface area (Å²) >= 11 is 1.71. The van der Waals surface area contributed by atoms with Crippen LogP contribution in [0.5, 0.6) is 0 Å². The Hall–Kier alpha value is -0.410. The molecule has 0 spiro atoms. The summed E-state index contributed by atoms with van der Waals surface area (Å²) in [6, 6.07) is 0.155. The highest BCUT2D eigenvalue weighted by molar-refractivity contribution is 7.09. The predicted molar refractivity (Wildman–Crippen MR) is 51.3 cm³/mol. The van der Waals surface area contributed by atoms with Gasteiger partial charge in [0.25, 0.3) is 0 Å². The fraction of sp³-hybridized carbons (Fsp3) is 0.667. The monoisotopic (exact) mass is 182 g/mol. The van der Waals surface area contributed by atoms with Crippen molar-refractivity contribution in [3.63, 3.8) is 0 Å². The van der Waals surface area contributed by atoms with E-state index in [4.69, 9.17) is 5.73 Å². The van der Waals surface area contributed by atoms with Gasteiger partial charge >= 0.3 is 0 Å². The summed E-state index contributed by atoms with van der Waals surface area (Å²) in [6.07, 6.45) is 3.63. The summed E-state index contributed by atoms with van der Waals surface area (Å²) < 4.78 is 0. The number of thiazole rings is 1. The van der Waals surface area contributed by atoms with Crippen LogP contribution in [-0.4, -0.2) is 4.98 Å². The standard InChI is InChI=1S/C9H14N2S/c1-2-7(10)9-11-8(5-12-9)6-3-4-6/h5-7H,2-4,10H2,1H3. The molecule has 1 unspecified atom stereocenters. The zero-order valence-corrected chi connectivity index (χ0v) is 8.10. The summed E-state index contributed by atoms with van der Waals surface area (Å²) in [5.41, 5.74) is 7.15. The van der Waals surface area contributed by atoms with E-state index in [-0.39, 0.29) is 6.04 Å². The number of hydrogen-bond donors (Lipinski definition) is 1. The van der Waals surface area contributed by atoms with Crippen LogP contribution in [0.1, 0.15) is 48.8 Å². The van der Waals surface area contributed by atoms with E-state index >= 15 is 0 Å². The Morgan fingerprint density at radius 3 is 3.08 bits per heavy atom. The molecule has 0 aromatic carbocycles. The summed E-state index contributed by atoms with van der Waals surface area (Å²) in [5, 5.41) is 3.28. The lowest BCUT2D eigenvalue weighted by molar-refractivity contribution is 0.689. The third-order valence-corrected chi connectivity index (χ3v) is 3.29. The van der Waals surface area contributed by atoms with Crippen LogP contribution in [0.25, 0.3) is 0 Å². The van der Waals surface area contributed by atoms with Crippen LogP contribution >= 0.6 is 11.3 Å². The second-order valence-corrected chi connectivity index (χ2v) is 4.29. The van der Waals surface area contributed by atoms with E-state index in [1.807, 2.05) is 0 Å². The van der Waals surface area contributed by atoms with Crippen molar-refractivity contribution in [2.24, 2.45) is 5.73 Å². The van der Waals surface area contributed by atoms with Crippen LogP contribution < -0.4 is 5.73 Å². The first-order chi connectivity index (χ1) is 5.81. The van der Waals surface area contributed by atoms with E-state index in [9.17, 15) is 0 Å². The fourth-order valence-corrected chi connectivity index (χ4v) is 2.20. The van der Waals surface area contributed by atoms with E-state index < -0.39 is 0 Å². The van der Waals surface area contributed by atoms with E-state index in [0.717, 1.165) is 17.3 Å². The summed E-state index contributed by atoms with van der Waals surface area (Å²) in [5.74, 6) is 0.763. The van der Waals surface area contributed by atoms with E-state index in [0.29, 0.717) is 0 Å². The maximum atomic E-state index is 5.88. The molecule has 1 aliphatic carbocycles. The van der Waals surface area contributed by atoms with Crippen LogP contribution in [0.2, 0.25) is 0 Å². The molecule has 1 heterocycles. The highest BCUT2D eigenvalue weighted by Crippen LogP contribution is 2.40. The van der Waals surface area contributed by atoms with E-state index in [1.54, 1.807) is 11.3 Å². The molecule has 1 fully saturated rings. The van der Waals surface area contributed by atoms with Crippen LogP contribution in [0, 0.1) is 0 Å². The average Bonchev–Trinajstić information content (AvgIpc) is 2.83. The lowest BCUT2D eigenvalue weighted by Gasteiger charge is -2.01. The van der Waals surface area contributed by atoms with Crippen LogP contribution in [0.4, 0.5) is 0 Å². The molecule has 12 heavy (non-hydrogen) atoms. The lowest BCUT2D eigenvalue weighted by atomic mass is 10.2. The van der Waals surface area contributed by atoms with Crippen molar-refractivity contribution >= 4 is 11.3 Å².